The van der Waals surface area contributed by atoms with Crippen molar-refractivity contribution < 1.29 is 9.53 Å². The standard InChI is InChI=1S/C11H11N5O3/c1-6-8(11(18)19-2)16-10(17)9(14-6)15-7-3-4-12-5-13-7/h3-5H,1-2H3,(H,16,17)(H,12,13,14,15). The molecule has 0 aliphatic carbocycles. The maximum Gasteiger partial charge on any atom is 0.356 e. The topological polar surface area (TPSA) is 110 Å². The third kappa shape index (κ3) is 2.73. The van der Waals surface area contributed by atoms with Crippen LogP contribution in [-0.2, 0) is 4.74 Å². The number of hydrogen-bond acceptors (Lipinski definition) is 7. The maximum absolute atomic E-state index is 11.8. The summed E-state index contributed by atoms with van der Waals surface area (Å²) < 4.78 is 4.54. The molecule has 19 heavy (non-hydrogen) atoms. The summed E-state index contributed by atoms with van der Waals surface area (Å²) in [5, 5.41) is 2.74. The molecule has 0 amide bonds. The van der Waals surface area contributed by atoms with Crippen LogP contribution in [0.25, 0.3) is 0 Å². The second kappa shape index (κ2) is 5.25. The lowest BCUT2D eigenvalue weighted by molar-refractivity contribution is 0.0592. The van der Waals surface area contributed by atoms with Crippen LogP contribution in [0.4, 0.5) is 11.6 Å². The van der Waals surface area contributed by atoms with E-state index in [1.54, 1.807) is 13.0 Å². The Balaban J connectivity index is 2.36. The maximum atomic E-state index is 11.8. The van der Waals surface area contributed by atoms with E-state index in [-0.39, 0.29) is 11.5 Å². The Morgan fingerprint density at radius 2 is 2.26 bits per heavy atom. The Kier molecular flexibility index (Phi) is 3.51. The summed E-state index contributed by atoms with van der Waals surface area (Å²) in [7, 11) is 1.23. The minimum Gasteiger partial charge on any atom is -0.464 e. The fourth-order valence-electron chi connectivity index (χ4n) is 1.41. The molecule has 2 aromatic rings. The van der Waals surface area contributed by atoms with Crippen molar-refractivity contribution in [3.8, 4) is 0 Å². The predicted molar refractivity (Wildman–Crippen MR) is 66.2 cm³/mol. The van der Waals surface area contributed by atoms with Crippen LogP contribution in [0.1, 0.15) is 16.2 Å². The van der Waals surface area contributed by atoms with Crippen LogP contribution in [0, 0.1) is 6.92 Å². The fraction of sp³-hybridized carbons (Fsp3) is 0.182. The summed E-state index contributed by atoms with van der Waals surface area (Å²) in [5.41, 5.74) is -0.159. The molecule has 98 valence electrons. The molecular weight excluding hydrogens is 250 g/mol. The highest BCUT2D eigenvalue weighted by atomic mass is 16.5. The molecule has 8 heteroatoms. The second-order valence-electron chi connectivity index (χ2n) is 3.59. The number of H-pyrrole nitrogens is 1. The lowest BCUT2D eigenvalue weighted by Gasteiger charge is -2.07. The van der Waals surface area contributed by atoms with Crippen molar-refractivity contribution in [1.29, 1.82) is 0 Å². The number of hydrogen-bond donors (Lipinski definition) is 2. The number of carbonyl (C=O) groups is 1. The van der Waals surface area contributed by atoms with E-state index >= 15 is 0 Å². The zero-order valence-corrected chi connectivity index (χ0v) is 10.3. The molecule has 0 fully saturated rings. The van der Waals surface area contributed by atoms with E-state index in [0.717, 1.165) is 0 Å². The Bertz CT molecular complexity index is 653. The highest BCUT2D eigenvalue weighted by Crippen LogP contribution is 2.08. The van der Waals surface area contributed by atoms with Crippen LogP contribution in [0.15, 0.2) is 23.4 Å². The van der Waals surface area contributed by atoms with E-state index in [9.17, 15) is 9.59 Å². The van der Waals surface area contributed by atoms with E-state index in [0.29, 0.717) is 11.5 Å². The van der Waals surface area contributed by atoms with E-state index in [1.807, 2.05) is 0 Å². The first-order chi connectivity index (χ1) is 9.11. The van der Waals surface area contributed by atoms with Gasteiger partial charge in [-0.3, -0.25) is 4.79 Å². The predicted octanol–water partition coefficient (Wildman–Crippen LogP) is 0.399. The molecule has 2 aromatic heterocycles. The smallest absolute Gasteiger partial charge is 0.356 e. The first-order valence-corrected chi connectivity index (χ1v) is 5.34. The van der Waals surface area contributed by atoms with Gasteiger partial charge in [-0.05, 0) is 13.0 Å². The molecule has 0 bridgehead atoms. The molecule has 0 radical (unpaired) electrons. The van der Waals surface area contributed by atoms with Crippen molar-refractivity contribution in [2.24, 2.45) is 0 Å². The van der Waals surface area contributed by atoms with E-state index in [4.69, 9.17) is 0 Å². The first-order valence-electron chi connectivity index (χ1n) is 5.34. The number of rotatable bonds is 3. The van der Waals surface area contributed by atoms with Crippen molar-refractivity contribution in [2.75, 3.05) is 12.4 Å². The van der Waals surface area contributed by atoms with Crippen LogP contribution >= 0.6 is 0 Å². The molecule has 0 aliphatic rings. The molecule has 0 saturated heterocycles. The number of anilines is 2. The van der Waals surface area contributed by atoms with E-state index in [1.165, 1.54) is 19.6 Å². The molecule has 0 aromatic carbocycles. The Morgan fingerprint density at radius 3 is 2.89 bits per heavy atom. The van der Waals surface area contributed by atoms with Gasteiger partial charge in [-0.15, -0.1) is 0 Å². The van der Waals surface area contributed by atoms with Crippen molar-refractivity contribution >= 4 is 17.6 Å². The molecular formula is C11H11N5O3. The average Bonchev–Trinajstić information content (AvgIpc) is 2.43. The van der Waals surface area contributed by atoms with Gasteiger partial charge < -0.3 is 15.0 Å². The monoisotopic (exact) mass is 261 g/mol. The molecule has 0 unspecified atom stereocenters. The largest absolute Gasteiger partial charge is 0.464 e. The zero-order valence-electron chi connectivity index (χ0n) is 10.3. The van der Waals surface area contributed by atoms with Gasteiger partial charge in [-0.1, -0.05) is 0 Å². The number of aryl methyl sites for hydroxylation is 1. The first kappa shape index (κ1) is 12.7. The SMILES string of the molecule is COC(=O)c1[nH]c(=O)c(Nc2ccncn2)nc1C. The van der Waals surface area contributed by atoms with Crippen molar-refractivity contribution in [2.45, 2.75) is 6.92 Å². The molecule has 2 rings (SSSR count). The number of aromatic nitrogens is 4. The van der Waals surface area contributed by atoms with Crippen LogP contribution in [0.2, 0.25) is 0 Å². The minimum atomic E-state index is -0.643. The van der Waals surface area contributed by atoms with Gasteiger partial charge in [0.1, 0.15) is 17.8 Å². The van der Waals surface area contributed by atoms with Crippen molar-refractivity contribution in [3.05, 3.63) is 40.3 Å². The van der Waals surface area contributed by atoms with Gasteiger partial charge >= 0.3 is 5.97 Å². The number of carbonyl (C=O) groups excluding carboxylic acids is 1. The molecule has 2 N–H and O–H groups in total. The van der Waals surface area contributed by atoms with Gasteiger partial charge in [0, 0.05) is 6.20 Å². The van der Waals surface area contributed by atoms with Gasteiger partial charge in [0.25, 0.3) is 5.56 Å². The highest BCUT2D eigenvalue weighted by molar-refractivity contribution is 5.88. The summed E-state index contributed by atoms with van der Waals surface area (Å²) >= 11 is 0. The summed E-state index contributed by atoms with van der Waals surface area (Å²) in [5.74, 6) is -0.169. The Hall–Kier alpha value is -2.77. The summed E-state index contributed by atoms with van der Waals surface area (Å²) in [4.78, 5) is 37.3. The number of methoxy groups -OCH3 is 1. The molecule has 0 spiro atoms. The molecule has 0 atom stereocenters. The minimum absolute atomic E-state index is 0.0285. The third-order valence-electron chi connectivity index (χ3n) is 2.31. The van der Waals surface area contributed by atoms with Crippen LogP contribution in [0.5, 0.6) is 0 Å². The van der Waals surface area contributed by atoms with E-state index in [2.05, 4.69) is 30.0 Å². The van der Waals surface area contributed by atoms with E-state index < -0.39 is 11.5 Å². The quantitative estimate of drug-likeness (QED) is 0.769. The highest BCUT2D eigenvalue weighted by Gasteiger charge is 2.14. The summed E-state index contributed by atoms with van der Waals surface area (Å²) in [6.07, 6.45) is 2.87. The number of aromatic amines is 1. The number of nitrogens with one attached hydrogen (secondary N) is 2. The van der Waals surface area contributed by atoms with Crippen molar-refractivity contribution in [3.63, 3.8) is 0 Å². The number of ether oxygens (including phenoxy) is 1. The molecule has 2 heterocycles. The second-order valence-corrected chi connectivity index (χ2v) is 3.59. The normalized spacial score (nSPS) is 10.0. The molecule has 0 aliphatic heterocycles. The van der Waals surface area contributed by atoms with Gasteiger partial charge in [0.15, 0.2) is 5.82 Å². The Labute approximate surface area is 107 Å². The van der Waals surface area contributed by atoms with Crippen LogP contribution < -0.4 is 10.9 Å². The average molecular weight is 261 g/mol. The fourth-order valence-corrected chi connectivity index (χ4v) is 1.41. The van der Waals surface area contributed by atoms with Gasteiger partial charge in [0.2, 0.25) is 0 Å². The molecule has 0 saturated carbocycles. The van der Waals surface area contributed by atoms with Gasteiger partial charge in [-0.2, -0.15) is 0 Å². The van der Waals surface area contributed by atoms with Crippen LogP contribution in [0.3, 0.4) is 0 Å². The number of esters is 1. The summed E-state index contributed by atoms with van der Waals surface area (Å²) in [6, 6.07) is 1.59. The summed E-state index contributed by atoms with van der Waals surface area (Å²) in [6.45, 7) is 1.59. The third-order valence-corrected chi connectivity index (χ3v) is 2.31. The lowest BCUT2D eigenvalue weighted by Crippen LogP contribution is -2.21. The lowest BCUT2D eigenvalue weighted by atomic mass is 10.3. The molecule has 8 nitrogen and oxygen atoms in total. The van der Waals surface area contributed by atoms with Gasteiger partial charge in [0.05, 0.1) is 12.8 Å². The number of nitrogens with zero attached hydrogens (tertiary/aromatic N) is 3. The van der Waals surface area contributed by atoms with Crippen LogP contribution in [-0.4, -0.2) is 33.0 Å². The Morgan fingerprint density at radius 1 is 1.47 bits per heavy atom. The van der Waals surface area contributed by atoms with Gasteiger partial charge in [-0.25, -0.2) is 19.7 Å². The zero-order chi connectivity index (χ0) is 13.8. The van der Waals surface area contributed by atoms with Crippen molar-refractivity contribution in [1.82, 2.24) is 19.9 Å².